The topological polar surface area (TPSA) is 80.5 Å². The van der Waals surface area contributed by atoms with E-state index >= 15 is 0 Å². The fourth-order valence-electron chi connectivity index (χ4n) is 3.34. The molecule has 0 saturated carbocycles. The number of amides is 1. The predicted octanol–water partition coefficient (Wildman–Crippen LogP) is 4.63. The maximum atomic E-state index is 12.4. The predicted molar refractivity (Wildman–Crippen MR) is 122 cm³/mol. The van der Waals surface area contributed by atoms with Gasteiger partial charge in [0.05, 0.1) is 22.1 Å². The molecular weight excluding hydrogens is 434 g/mol. The molecule has 8 heteroatoms. The maximum absolute atomic E-state index is 12.4. The minimum absolute atomic E-state index is 0.0403. The summed E-state index contributed by atoms with van der Waals surface area (Å²) in [6, 6.07) is 15.6. The zero-order valence-electron chi connectivity index (χ0n) is 16.7. The molecule has 4 aromatic rings. The minimum atomic E-state index is -3.26. The third-order valence-corrected chi connectivity index (χ3v) is 7.05. The Kier molecular flexibility index (Phi) is 5.80. The number of aromatic nitrogens is 2. The summed E-state index contributed by atoms with van der Waals surface area (Å²) in [5.74, 6) is -0.177. The van der Waals surface area contributed by atoms with Gasteiger partial charge in [-0.25, -0.2) is 13.4 Å². The van der Waals surface area contributed by atoms with E-state index in [-0.39, 0.29) is 23.0 Å². The molecule has 0 atom stereocenters. The Morgan fingerprint density at radius 2 is 1.84 bits per heavy atom. The van der Waals surface area contributed by atoms with Gasteiger partial charge in [0, 0.05) is 35.4 Å². The van der Waals surface area contributed by atoms with Gasteiger partial charge in [0.1, 0.15) is 5.65 Å². The first-order chi connectivity index (χ1) is 14.9. The van der Waals surface area contributed by atoms with E-state index in [1.54, 1.807) is 37.4 Å². The van der Waals surface area contributed by atoms with Crippen molar-refractivity contribution in [3.05, 3.63) is 83.8 Å². The van der Waals surface area contributed by atoms with E-state index in [2.05, 4.69) is 10.3 Å². The third kappa shape index (κ3) is 4.47. The number of hydrogen-bond donors (Lipinski definition) is 1. The number of benzene rings is 2. The van der Waals surface area contributed by atoms with Gasteiger partial charge in [0.25, 0.3) is 0 Å². The van der Waals surface area contributed by atoms with Crippen LogP contribution < -0.4 is 5.32 Å². The molecule has 0 aliphatic heterocycles. The number of halogens is 1. The minimum Gasteiger partial charge on any atom is -0.326 e. The van der Waals surface area contributed by atoms with Crippen molar-refractivity contribution in [2.24, 2.45) is 0 Å². The van der Waals surface area contributed by atoms with Crippen LogP contribution in [0.25, 0.3) is 16.8 Å². The lowest BCUT2D eigenvalue weighted by molar-refractivity contribution is -0.115. The molecule has 0 bridgehead atoms. The van der Waals surface area contributed by atoms with Gasteiger partial charge in [-0.3, -0.25) is 4.79 Å². The number of imidazole rings is 1. The molecule has 0 saturated heterocycles. The molecule has 0 aliphatic carbocycles. The molecule has 0 aliphatic rings. The van der Waals surface area contributed by atoms with Crippen LogP contribution in [0.15, 0.2) is 78.1 Å². The molecule has 2 heterocycles. The molecule has 158 valence electrons. The van der Waals surface area contributed by atoms with Gasteiger partial charge < -0.3 is 9.72 Å². The van der Waals surface area contributed by atoms with E-state index in [0.29, 0.717) is 10.7 Å². The van der Waals surface area contributed by atoms with Crippen LogP contribution in [0.2, 0.25) is 5.02 Å². The van der Waals surface area contributed by atoms with E-state index in [1.165, 1.54) is 12.1 Å². The Morgan fingerprint density at radius 3 is 2.55 bits per heavy atom. The summed E-state index contributed by atoms with van der Waals surface area (Å²) in [4.78, 5) is 17.1. The van der Waals surface area contributed by atoms with Crippen molar-refractivity contribution >= 4 is 38.7 Å². The number of pyridine rings is 1. The first-order valence-corrected chi connectivity index (χ1v) is 11.7. The van der Waals surface area contributed by atoms with Gasteiger partial charge in [-0.15, -0.1) is 0 Å². The smallest absolute Gasteiger partial charge is 0.228 e. The number of hydrogen-bond acceptors (Lipinski definition) is 4. The van der Waals surface area contributed by atoms with Crippen LogP contribution in [0, 0.1) is 0 Å². The highest BCUT2D eigenvalue weighted by Gasteiger charge is 2.13. The number of nitrogens with zero attached hydrogens (tertiary/aromatic N) is 2. The number of anilines is 1. The number of fused-ring (bicyclic) bond motifs is 1. The van der Waals surface area contributed by atoms with Crippen molar-refractivity contribution in [2.75, 3.05) is 11.1 Å². The van der Waals surface area contributed by atoms with E-state index in [1.807, 2.05) is 35.0 Å². The monoisotopic (exact) mass is 453 g/mol. The lowest BCUT2D eigenvalue weighted by atomic mass is 10.1. The van der Waals surface area contributed by atoms with Crippen LogP contribution in [-0.2, 0) is 21.1 Å². The maximum Gasteiger partial charge on any atom is 0.228 e. The molecule has 6 nitrogen and oxygen atoms in total. The molecular formula is C23H20ClN3O3S. The molecule has 1 amide bonds. The van der Waals surface area contributed by atoms with Gasteiger partial charge >= 0.3 is 0 Å². The van der Waals surface area contributed by atoms with Crippen molar-refractivity contribution in [1.29, 1.82) is 0 Å². The summed E-state index contributed by atoms with van der Waals surface area (Å²) in [5.41, 5.74) is 3.83. The first kappa shape index (κ1) is 21.1. The molecule has 0 unspecified atom stereocenters. The third-order valence-electron chi connectivity index (χ3n) is 4.99. The van der Waals surface area contributed by atoms with Gasteiger partial charge in [-0.1, -0.05) is 36.7 Å². The molecule has 2 aromatic heterocycles. The van der Waals surface area contributed by atoms with E-state index in [4.69, 9.17) is 11.6 Å². The van der Waals surface area contributed by atoms with Crippen LogP contribution in [0.5, 0.6) is 0 Å². The number of nitrogens with one attached hydrogen (secondary N) is 1. The van der Waals surface area contributed by atoms with Gasteiger partial charge in [0.2, 0.25) is 5.91 Å². The van der Waals surface area contributed by atoms with Crippen molar-refractivity contribution in [3.8, 4) is 11.1 Å². The Morgan fingerprint density at radius 1 is 1.06 bits per heavy atom. The lowest BCUT2D eigenvalue weighted by Crippen LogP contribution is -2.14. The molecule has 4 rings (SSSR count). The fraction of sp³-hybridized carbons (Fsp3) is 0.130. The standard InChI is InChI=1S/C23H20ClN3O3S/c1-2-31(29,30)18-8-5-16(6-9-18)14-22(28)26-17-7-10-19(21(24)15-17)20-4-3-12-27-13-11-25-23(20)27/h3-13,15H,2,14H2,1H3,(H,26,28). The van der Waals surface area contributed by atoms with Crippen LogP contribution in [-0.4, -0.2) is 29.5 Å². The van der Waals surface area contributed by atoms with Crippen molar-refractivity contribution < 1.29 is 13.2 Å². The average Bonchev–Trinajstić information content (AvgIpc) is 3.23. The zero-order chi connectivity index (χ0) is 22.0. The quantitative estimate of drug-likeness (QED) is 0.461. The van der Waals surface area contributed by atoms with E-state index in [0.717, 1.165) is 22.3 Å². The summed E-state index contributed by atoms with van der Waals surface area (Å²) in [6.07, 6.45) is 5.63. The zero-order valence-corrected chi connectivity index (χ0v) is 18.3. The van der Waals surface area contributed by atoms with E-state index < -0.39 is 9.84 Å². The molecule has 31 heavy (non-hydrogen) atoms. The summed E-state index contributed by atoms with van der Waals surface area (Å²) in [5, 5.41) is 3.34. The highest BCUT2D eigenvalue weighted by atomic mass is 35.5. The molecule has 2 aromatic carbocycles. The summed E-state index contributed by atoms with van der Waals surface area (Å²) in [7, 11) is -3.26. The Hall–Kier alpha value is -3.16. The Balaban J connectivity index is 1.48. The highest BCUT2D eigenvalue weighted by molar-refractivity contribution is 7.91. The van der Waals surface area contributed by atoms with Crippen LogP contribution >= 0.6 is 11.6 Å². The van der Waals surface area contributed by atoms with Crippen LogP contribution in [0.4, 0.5) is 5.69 Å². The number of carbonyl (C=O) groups is 1. The van der Waals surface area contributed by atoms with Crippen molar-refractivity contribution in [2.45, 2.75) is 18.2 Å². The number of rotatable bonds is 6. The Bertz CT molecular complexity index is 1360. The number of sulfone groups is 1. The summed E-state index contributed by atoms with van der Waals surface area (Å²) in [6.45, 7) is 1.60. The van der Waals surface area contributed by atoms with Gasteiger partial charge in [-0.2, -0.15) is 0 Å². The largest absolute Gasteiger partial charge is 0.326 e. The van der Waals surface area contributed by atoms with E-state index in [9.17, 15) is 13.2 Å². The average molecular weight is 454 g/mol. The van der Waals surface area contributed by atoms with Crippen molar-refractivity contribution in [1.82, 2.24) is 9.38 Å². The van der Waals surface area contributed by atoms with Crippen LogP contribution in [0.1, 0.15) is 12.5 Å². The summed E-state index contributed by atoms with van der Waals surface area (Å²) < 4.78 is 25.7. The second-order valence-electron chi connectivity index (χ2n) is 7.05. The normalized spacial score (nSPS) is 11.5. The first-order valence-electron chi connectivity index (χ1n) is 9.70. The second kappa shape index (κ2) is 8.53. The Labute approximate surface area is 185 Å². The second-order valence-corrected chi connectivity index (χ2v) is 9.73. The SMILES string of the molecule is CCS(=O)(=O)c1ccc(CC(=O)Nc2ccc(-c3cccn4ccnc34)c(Cl)c2)cc1. The lowest BCUT2D eigenvalue weighted by Gasteiger charge is -2.10. The summed E-state index contributed by atoms with van der Waals surface area (Å²) >= 11 is 6.50. The molecule has 0 radical (unpaired) electrons. The molecule has 0 fully saturated rings. The molecule has 0 spiro atoms. The fourth-order valence-corrected chi connectivity index (χ4v) is 4.51. The number of carbonyl (C=O) groups excluding carboxylic acids is 1. The van der Waals surface area contributed by atoms with Crippen molar-refractivity contribution in [3.63, 3.8) is 0 Å². The highest BCUT2D eigenvalue weighted by Crippen LogP contribution is 2.32. The van der Waals surface area contributed by atoms with Gasteiger partial charge in [0.15, 0.2) is 9.84 Å². The van der Waals surface area contributed by atoms with Gasteiger partial charge in [-0.05, 0) is 42.0 Å². The molecule has 1 N–H and O–H groups in total. The van der Waals surface area contributed by atoms with Crippen LogP contribution in [0.3, 0.4) is 0 Å².